The van der Waals surface area contributed by atoms with E-state index in [1.807, 2.05) is 6.92 Å². The van der Waals surface area contributed by atoms with E-state index in [1.54, 1.807) is 0 Å². The summed E-state index contributed by atoms with van der Waals surface area (Å²) in [6.45, 7) is 4.80. The molecule has 0 fully saturated rings. The van der Waals surface area contributed by atoms with Crippen LogP contribution in [0.25, 0.3) is 0 Å². The van der Waals surface area contributed by atoms with E-state index in [4.69, 9.17) is 6.42 Å². The second kappa shape index (κ2) is 8.79. The lowest BCUT2D eigenvalue weighted by molar-refractivity contribution is 0.508. The van der Waals surface area contributed by atoms with E-state index in [9.17, 15) is 0 Å². The van der Waals surface area contributed by atoms with Gasteiger partial charge in [-0.1, -0.05) is 5.92 Å². The summed E-state index contributed by atoms with van der Waals surface area (Å²) < 4.78 is 2.18. The van der Waals surface area contributed by atoms with Gasteiger partial charge in [-0.2, -0.15) is 0 Å². The first-order chi connectivity index (χ1) is 9.35. The highest BCUT2D eigenvalue weighted by molar-refractivity contribution is 14.0. The molecule has 0 aliphatic carbocycles. The van der Waals surface area contributed by atoms with Crippen molar-refractivity contribution in [1.82, 2.24) is 25.4 Å². The molecule has 110 valence electrons. The molecule has 6 nitrogen and oxygen atoms in total. The predicted molar refractivity (Wildman–Crippen MR) is 90.0 cm³/mol. The first-order valence-electron chi connectivity index (χ1n) is 6.71. The molecular formula is C13H21IN6. The number of aliphatic imine (C=N–C) groups is 1. The molecule has 2 N–H and O–H groups in total. The van der Waals surface area contributed by atoms with Crippen molar-refractivity contribution in [1.29, 1.82) is 0 Å². The minimum atomic E-state index is 0. The van der Waals surface area contributed by atoms with Crippen molar-refractivity contribution < 1.29 is 0 Å². The molecule has 0 amide bonds. The van der Waals surface area contributed by atoms with Gasteiger partial charge in [-0.25, -0.2) is 4.99 Å². The number of hydrogen-bond donors (Lipinski definition) is 2. The lowest BCUT2D eigenvalue weighted by Crippen LogP contribution is -2.37. The molecule has 1 aromatic heterocycles. The molecular weight excluding hydrogens is 367 g/mol. The Hall–Kier alpha value is -1.30. The fraction of sp³-hybridized carbons (Fsp3) is 0.615. The Bertz CT molecular complexity index is 488. The largest absolute Gasteiger partial charge is 0.357 e. The van der Waals surface area contributed by atoms with Crippen molar-refractivity contribution in [3.63, 3.8) is 0 Å². The molecule has 20 heavy (non-hydrogen) atoms. The molecule has 2 heterocycles. The van der Waals surface area contributed by atoms with Crippen molar-refractivity contribution in [3.05, 3.63) is 11.6 Å². The maximum Gasteiger partial charge on any atom is 0.192 e. The average Bonchev–Trinajstić information content (AvgIpc) is 2.85. The lowest BCUT2D eigenvalue weighted by Gasteiger charge is -2.14. The molecule has 1 aromatic rings. The third-order valence-electron chi connectivity index (χ3n) is 3.02. The van der Waals surface area contributed by atoms with E-state index in [2.05, 4.69) is 36.3 Å². The second-order valence-electron chi connectivity index (χ2n) is 4.39. The van der Waals surface area contributed by atoms with Crippen molar-refractivity contribution in [3.8, 4) is 12.3 Å². The quantitative estimate of drug-likeness (QED) is 0.349. The number of aryl methyl sites for hydroxylation is 1. The van der Waals surface area contributed by atoms with Gasteiger partial charge in [0, 0.05) is 19.5 Å². The minimum Gasteiger partial charge on any atom is -0.357 e. The van der Waals surface area contributed by atoms with E-state index in [1.165, 1.54) is 12.8 Å². The highest BCUT2D eigenvalue weighted by Crippen LogP contribution is 2.14. The van der Waals surface area contributed by atoms with Crippen LogP contribution in [0, 0.1) is 12.3 Å². The van der Waals surface area contributed by atoms with Crippen LogP contribution in [-0.2, 0) is 19.5 Å². The zero-order chi connectivity index (χ0) is 13.5. The Balaban J connectivity index is 0.00000200. The van der Waals surface area contributed by atoms with Crippen molar-refractivity contribution in [2.24, 2.45) is 4.99 Å². The maximum atomic E-state index is 5.23. The van der Waals surface area contributed by atoms with Crippen molar-refractivity contribution in [2.75, 3.05) is 13.1 Å². The fourth-order valence-electron chi connectivity index (χ4n) is 2.11. The average molecular weight is 388 g/mol. The Morgan fingerprint density at radius 3 is 3.00 bits per heavy atom. The van der Waals surface area contributed by atoms with Gasteiger partial charge in [0.25, 0.3) is 0 Å². The number of halogens is 1. The fourth-order valence-corrected chi connectivity index (χ4v) is 2.11. The molecule has 1 aliphatic heterocycles. The van der Waals surface area contributed by atoms with Gasteiger partial charge in [0.05, 0.1) is 6.54 Å². The van der Waals surface area contributed by atoms with Crippen LogP contribution in [0.15, 0.2) is 4.99 Å². The van der Waals surface area contributed by atoms with Crippen LogP contribution in [0.5, 0.6) is 0 Å². The number of rotatable bonds is 4. The summed E-state index contributed by atoms with van der Waals surface area (Å²) in [5.74, 6) is 5.26. The Morgan fingerprint density at radius 2 is 2.25 bits per heavy atom. The van der Waals surface area contributed by atoms with E-state index in [0.717, 1.165) is 31.2 Å². The van der Waals surface area contributed by atoms with E-state index in [-0.39, 0.29) is 24.0 Å². The van der Waals surface area contributed by atoms with Crippen LogP contribution < -0.4 is 10.6 Å². The number of nitrogens with one attached hydrogen (secondary N) is 2. The molecule has 0 saturated carbocycles. The van der Waals surface area contributed by atoms with Crippen LogP contribution in [0.2, 0.25) is 0 Å². The highest BCUT2D eigenvalue weighted by Gasteiger charge is 2.15. The first-order valence-corrected chi connectivity index (χ1v) is 6.71. The van der Waals surface area contributed by atoms with E-state index in [0.29, 0.717) is 19.0 Å². The summed E-state index contributed by atoms with van der Waals surface area (Å²) in [5, 5.41) is 14.6. The van der Waals surface area contributed by atoms with Gasteiger partial charge in [0.2, 0.25) is 0 Å². The molecule has 1 aliphatic rings. The molecule has 2 rings (SSSR count). The van der Waals surface area contributed by atoms with Crippen LogP contribution in [-0.4, -0.2) is 33.8 Å². The van der Waals surface area contributed by atoms with Gasteiger partial charge < -0.3 is 15.2 Å². The monoisotopic (exact) mass is 388 g/mol. The second-order valence-corrected chi connectivity index (χ2v) is 4.39. The molecule has 7 heteroatoms. The molecule has 0 saturated heterocycles. The lowest BCUT2D eigenvalue weighted by atomic mass is 10.2. The van der Waals surface area contributed by atoms with Crippen LogP contribution >= 0.6 is 24.0 Å². The molecule has 0 aromatic carbocycles. The molecule has 0 bridgehead atoms. The Morgan fingerprint density at radius 1 is 1.40 bits per heavy atom. The number of fused-ring (bicyclic) bond motifs is 1. The zero-order valence-corrected chi connectivity index (χ0v) is 14.1. The number of aromatic nitrogens is 3. The summed E-state index contributed by atoms with van der Waals surface area (Å²) in [6, 6.07) is 0. The topological polar surface area (TPSA) is 67.1 Å². The summed E-state index contributed by atoms with van der Waals surface area (Å²) in [6.07, 6.45) is 8.65. The van der Waals surface area contributed by atoms with Gasteiger partial charge in [-0.15, -0.1) is 40.6 Å². The summed E-state index contributed by atoms with van der Waals surface area (Å²) >= 11 is 0. The zero-order valence-electron chi connectivity index (χ0n) is 11.7. The summed E-state index contributed by atoms with van der Waals surface area (Å²) in [4.78, 5) is 4.48. The summed E-state index contributed by atoms with van der Waals surface area (Å²) in [5.41, 5.74) is 0. The summed E-state index contributed by atoms with van der Waals surface area (Å²) in [7, 11) is 0. The van der Waals surface area contributed by atoms with Gasteiger partial charge in [-0.05, 0) is 19.8 Å². The van der Waals surface area contributed by atoms with Gasteiger partial charge in [0.1, 0.15) is 12.4 Å². The number of terminal acetylenes is 1. The molecule has 0 spiro atoms. The van der Waals surface area contributed by atoms with Gasteiger partial charge in [0.15, 0.2) is 11.8 Å². The number of hydrogen-bond acceptors (Lipinski definition) is 3. The molecule has 0 atom stereocenters. The third kappa shape index (κ3) is 4.37. The van der Waals surface area contributed by atoms with E-state index >= 15 is 0 Å². The van der Waals surface area contributed by atoms with Crippen LogP contribution in [0.1, 0.15) is 31.4 Å². The maximum absolute atomic E-state index is 5.23. The normalized spacial score (nSPS) is 13.9. The molecule has 0 unspecified atom stereocenters. The number of guanidine groups is 1. The van der Waals surface area contributed by atoms with Gasteiger partial charge in [-0.3, -0.25) is 0 Å². The Labute approximate surface area is 136 Å². The minimum absolute atomic E-state index is 0. The van der Waals surface area contributed by atoms with Crippen molar-refractivity contribution >= 4 is 29.9 Å². The van der Waals surface area contributed by atoms with E-state index < -0.39 is 0 Å². The highest BCUT2D eigenvalue weighted by atomic mass is 127. The SMILES string of the molecule is C#CCNC(=NCc1nnc2n1CCCC2)NCC.I. The predicted octanol–water partition coefficient (Wildman–Crippen LogP) is 0.921. The van der Waals surface area contributed by atoms with Crippen LogP contribution in [0.4, 0.5) is 0 Å². The van der Waals surface area contributed by atoms with Crippen molar-refractivity contribution in [2.45, 2.75) is 39.3 Å². The standard InChI is InChI=1S/C13H20N6.HI/c1-3-8-15-13(14-4-2)16-10-12-18-17-11-7-5-6-9-19(11)12;/h1H,4-10H2,2H3,(H2,14,15,16);1H. The Kier molecular flexibility index (Phi) is 7.36. The molecule has 0 radical (unpaired) electrons. The number of nitrogens with zero attached hydrogens (tertiary/aromatic N) is 4. The van der Waals surface area contributed by atoms with Gasteiger partial charge >= 0.3 is 0 Å². The third-order valence-corrected chi connectivity index (χ3v) is 3.02. The smallest absolute Gasteiger partial charge is 0.192 e. The first kappa shape index (κ1) is 16.8. The van der Waals surface area contributed by atoms with Crippen LogP contribution in [0.3, 0.4) is 0 Å².